The summed E-state index contributed by atoms with van der Waals surface area (Å²) in [5.74, 6) is -1.08. The molecule has 0 fully saturated rings. The minimum absolute atomic E-state index is 0.0463. The van der Waals surface area contributed by atoms with E-state index in [0.717, 1.165) is 9.58 Å². The van der Waals surface area contributed by atoms with E-state index in [0.29, 0.717) is 11.2 Å². The second-order valence-corrected chi connectivity index (χ2v) is 6.74. The summed E-state index contributed by atoms with van der Waals surface area (Å²) in [6, 6.07) is 15.2. The van der Waals surface area contributed by atoms with Gasteiger partial charge < -0.3 is 4.74 Å². The number of fused-ring (bicyclic) bond motifs is 1. The molecule has 1 amide bonds. The zero-order chi connectivity index (χ0) is 21.3. The maximum absolute atomic E-state index is 13.6. The number of rotatable bonds is 5. The summed E-state index contributed by atoms with van der Waals surface area (Å²) < 4.78 is 33.4. The molecule has 0 aliphatic carbocycles. The van der Waals surface area contributed by atoms with Crippen molar-refractivity contribution in [3.63, 3.8) is 0 Å². The number of anilines is 1. The lowest BCUT2D eigenvalue weighted by atomic mass is 10.1. The molecule has 1 unspecified atom stereocenters. The van der Waals surface area contributed by atoms with Crippen molar-refractivity contribution in [1.29, 1.82) is 0 Å². The maximum atomic E-state index is 13.6. The Morgan fingerprint density at radius 3 is 2.50 bits per heavy atom. The molecule has 4 rings (SSSR count). The molecule has 0 radical (unpaired) electrons. The zero-order valence-electron chi connectivity index (χ0n) is 16.0. The smallest absolute Gasteiger partial charge is 0.355 e. The van der Waals surface area contributed by atoms with Crippen molar-refractivity contribution in [2.75, 3.05) is 5.01 Å². The van der Waals surface area contributed by atoms with Gasteiger partial charge in [0.1, 0.15) is 5.71 Å². The van der Waals surface area contributed by atoms with E-state index in [1.807, 2.05) is 0 Å². The zero-order valence-corrected chi connectivity index (χ0v) is 16.0. The van der Waals surface area contributed by atoms with Crippen LogP contribution in [0.2, 0.25) is 0 Å². The Hall–Kier alpha value is -3.62. The van der Waals surface area contributed by atoms with Gasteiger partial charge in [0, 0.05) is 12.8 Å². The number of aromatic nitrogens is 2. The van der Waals surface area contributed by atoms with Gasteiger partial charge in [-0.2, -0.15) is 13.9 Å². The molecule has 1 atom stereocenters. The van der Waals surface area contributed by atoms with E-state index in [-0.39, 0.29) is 35.8 Å². The number of hydrogen-bond acceptors (Lipinski definition) is 5. The molecule has 0 N–H and O–H groups in total. The fourth-order valence-corrected chi connectivity index (χ4v) is 3.31. The molecule has 1 aliphatic rings. The van der Waals surface area contributed by atoms with Crippen molar-refractivity contribution >= 4 is 34.3 Å². The number of nitrogens with zero attached hydrogens (tertiary/aromatic N) is 4. The van der Waals surface area contributed by atoms with Gasteiger partial charge in [-0.1, -0.05) is 30.3 Å². The van der Waals surface area contributed by atoms with Crippen LogP contribution in [0.25, 0.3) is 11.0 Å². The normalized spacial score (nSPS) is 15.4. The lowest BCUT2D eigenvalue weighted by Gasteiger charge is -2.23. The molecule has 2 aromatic carbocycles. The number of esters is 1. The summed E-state index contributed by atoms with van der Waals surface area (Å²) in [6.07, 6.45) is -0.837. The van der Waals surface area contributed by atoms with Gasteiger partial charge in [0.05, 0.1) is 16.7 Å². The topological polar surface area (TPSA) is 76.8 Å². The van der Waals surface area contributed by atoms with Crippen molar-refractivity contribution in [3.8, 4) is 0 Å². The Bertz CT molecular complexity index is 1130. The highest BCUT2D eigenvalue weighted by molar-refractivity contribution is 6.38. The van der Waals surface area contributed by atoms with Crippen LogP contribution in [0, 0.1) is 0 Å². The first kappa shape index (κ1) is 19.7. The quantitative estimate of drug-likeness (QED) is 0.588. The fraction of sp³-hybridized carbons (Fsp3) is 0.238. The maximum Gasteiger partial charge on any atom is 0.355 e. The first-order chi connectivity index (χ1) is 14.5. The Morgan fingerprint density at radius 1 is 1.07 bits per heavy atom. The molecule has 1 aromatic heterocycles. The molecule has 9 heteroatoms. The van der Waals surface area contributed by atoms with Crippen LogP contribution in [-0.2, 0) is 14.3 Å². The number of halogens is 2. The van der Waals surface area contributed by atoms with E-state index >= 15 is 0 Å². The Kier molecular flexibility index (Phi) is 5.26. The number of amides is 1. The minimum Gasteiger partial charge on any atom is -0.450 e. The van der Waals surface area contributed by atoms with Crippen molar-refractivity contribution in [2.45, 2.75) is 32.4 Å². The minimum atomic E-state index is -2.84. The van der Waals surface area contributed by atoms with Crippen molar-refractivity contribution in [3.05, 3.63) is 60.4 Å². The summed E-state index contributed by atoms with van der Waals surface area (Å²) >= 11 is 0. The number of para-hydroxylation sites is 3. The number of carbonyl (C=O) groups is 2. The van der Waals surface area contributed by atoms with Crippen LogP contribution < -0.4 is 5.01 Å². The molecular weight excluding hydrogens is 394 g/mol. The van der Waals surface area contributed by atoms with E-state index in [1.54, 1.807) is 48.5 Å². The number of alkyl halides is 2. The molecule has 3 aromatic rings. The van der Waals surface area contributed by atoms with E-state index in [2.05, 4.69) is 10.1 Å². The van der Waals surface area contributed by atoms with Crippen LogP contribution in [0.5, 0.6) is 0 Å². The third kappa shape index (κ3) is 3.66. The third-order valence-electron chi connectivity index (χ3n) is 4.73. The van der Waals surface area contributed by atoms with Gasteiger partial charge in [0.25, 0.3) is 0 Å². The Morgan fingerprint density at radius 2 is 1.77 bits per heavy atom. The van der Waals surface area contributed by atoms with Crippen LogP contribution in [-0.4, -0.2) is 27.1 Å². The standard InChI is InChI=1S/C21H18F2N4O3/c1-13(19-24-15-9-5-6-10-17(15)26(19)21(22)23)30-20(29)16-11-12-18(28)27(25-16)14-7-3-2-4-8-14/h2-10,13,21H,11-12H2,1H3. The number of hydrogen-bond donors (Lipinski definition) is 0. The molecule has 30 heavy (non-hydrogen) atoms. The van der Waals surface area contributed by atoms with Gasteiger partial charge in [-0.25, -0.2) is 14.8 Å². The lowest BCUT2D eigenvalue weighted by Crippen LogP contribution is -2.35. The molecule has 1 aliphatic heterocycles. The van der Waals surface area contributed by atoms with Gasteiger partial charge in [0.2, 0.25) is 5.91 Å². The van der Waals surface area contributed by atoms with Crippen molar-refractivity contribution in [2.24, 2.45) is 5.10 Å². The second kappa shape index (κ2) is 8.02. The average molecular weight is 412 g/mol. The summed E-state index contributed by atoms with van der Waals surface area (Å²) in [5.41, 5.74) is 1.21. The van der Waals surface area contributed by atoms with Crippen LogP contribution in [0.15, 0.2) is 59.7 Å². The summed E-state index contributed by atoms with van der Waals surface area (Å²) in [4.78, 5) is 29.0. The summed E-state index contributed by atoms with van der Waals surface area (Å²) in [6.45, 7) is -1.37. The first-order valence-corrected chi connectivity index (χ1v) is 9.37. The van der Waals surface area contributed by atoms with Crippen LogP contribution >= 0.6 is 0 Å². The number of benzene rings is 2. The van der Waals surface area contributed by atoms with Gasteiger partial charge in [-0.3, -0.25) is 9.36 Å². The summed E-state index contributed by atoms with van der Waals surface area (Å²) in [5, 5.41) is 5.28. The summed E-state index contributed by atoms with van der Waals surface area (Å²) in [7, 11) is 0. The molecule has 0 saturated heterocycles. The predicted octanol–water partition coefficient (Wildman–Crippen LogP) is 4.22. The van der Waals surface area contributed by atoms with Gasteiger partial charge >= 0.3 is 12.5 Å². The van der Waals surface area contributed by atoms with E-state index in [9.17, 15) is 18.4 Å². The highest BCUT2D eigenvalue weighted by Gasteiger charge is 2.29. The van der Waals surface area contributed by atoms with E-state index in [1.165, 1.54) is 13.0 Å². The number of hydrazone groups is 1. The lowest BCUT2D eigenvalue weighted by molar-refractivity contribution is -0.141. The van der Waals surface area contributed by atoms with Gasteiger partial charge in [0.15, 0.2) is 11.9 Å². The van der Waals surface area contributed by atoms with Crippen LogP contribution in [0.3, 0.4) is 0 Å². The van der Waals surface area contributed by atoms with Gasteiger partial charge in [-0.05, 0) is 31.2 Å². The fourth-order valence-electron chi connectivity index (χ4n) is 3.31. The van der Waals surface area contributed by atoms with E-state index < -0.39 is 18.6 Å². The molecular formula is C21H18F2N4O3. The average Bonchev–Trinajstić information content (AvgIpc) is 3.14. The largest absolute Gasteiger partial charge is 0.450 e. The molecule has 0 bridgehead atoms. The number of ether oxygens (including phenoxy) is 1. The SMILES string of the molecule is CC(OC(=O)C1=NN(c2ccccc2)C(=O)CC1)c1nc2ccccc2n1C(F)F. The number of carbonyl (C=O) groups excluding carboxylic acids is 2. The van der Waals surface area contributed by atoms with Crippen LogP contribution in [0.1, 0.15) is 38.2 Å². The molecule has 0 spiro atoms. The Balaban J connectivity index is 1.59. The highest BCUT2D eigenvalue weighted by Crippen LogP contribution is 2.28. The monoisotopic (exact) mass is 412 g/mol. The Labute approximate surface area is 170 Å². The molecule has 7 nitrogen and oxygen atoms in total. The van der Waals surface area contributed by atoms with Gasteiger partial charge in [-0.15, -0.1) is 0 Å². The van der Waals surface area contributed by atoms with Crippen molar-refractivity contribution < 1.29 is 23.1 Å². The van der Waals surface area contributed by atoms with Crippen molar-refractivity contribution in [1.82, 2.24) is 9.55 Å². The molecule has 154 valence electrons. The molecule has 0 saturated carbocycles. The van der Waals surface area contributed by atoms with Crippen LogP contribution in [0.4, 0.5) is 14.5 Å². The molecule has 2 heterocycles. The van der Waals surface area contributed by atoms with E-state index in [4.69, 9.17) is 4.74 Å². The third-order valence-corrected chi connectivity index (χ3v) is 4.73. The predicted molar refractivity (Wildman–Crippen MR) is 106 cm³/mol. The second-order valence-electron chi connectivity index (χ2n) is 6.74. The number of imidazole rings is 1. The highest BCUT2D eigenvalue weighted by atomic mass is 19.3. The first-order valence-electron chi connectivity index (χ1n) is 9.37.